The summed E-state index contributed by atoms with van der Waals surface area (Å²) in [6.07, 6.45) is 2.45. The molecule has 1 atom stereocenters. The van der Waals surface area contributed by atoms with E-state index in [1.807, 2.05) is 0 Å². The lowest BCUT2D eigenvalue weighted by atomic mass is 10.3. The van der Waals surface area contributed by atoms with Gasteiger partial charge in [0.1, 0.15) is 0 Å². The van der Waals surface area contributed by atoms with Crippen molar-refractivity contribution in [3.63, 3.8) is 0 Å². The molecular weight excluding hydrogens is 100 g/mol. The second-order valence-corrected chi connectivity index (χ2v) is 1.95. The molecule has 0 saturated heterocycles. The van der Waals surface area contributed by atoms with Crippen LogP contribution in [0.5, 0.6) is 0 Å². The molecule has 0 aliphatic rings. The Hall–Kier alpha value is -0.0800. The Balaban J connectivity index is 2.92. The normalized spacial score (nSPS) is 13.9. The van der Waals surface area contributed by atoms with Crippen molar-refractivity contribution in [2.24, 2.45) is 5.73 Å². The first-order valence-electron chi connectivity index (χ1n) is 3.30. The molecule has 0 spiro atoms. The fraction of sp³-hybridized carbons (Fsp3) is 1.00. The molecule has 2 heteroatoms. The van der Waals surface area contributed by atoms with Crippen molar-refractivity contribution in [2.45, 2.75) is 32.9 Å². The SMILES string of the molecule is CCCC(N)NCC. The van der Waals surface area contributed by atoms with Crippen LogP contribution >= 0.6 is 0 Å². The van der Waals surface area contributed by atoms with Crippen LogP contribution in [0.15, 0.2) is 0 Å². The number of nitrogens with two attached hydrogens (primary N) is 1. The number of hydrogen-bond donors (Lipinski definition) is 2. The van der Waals surface area contributed by atoms with Gasteiger partial charge in [-0.3, -0.25) is 0 Å². The van der Waals surface area contributed by atoms with Crippen molar-refractivity contribution in [2.75, 3.05) is 6.54 Å². The lowest BCUT2D eigenvalue weighted by molar-refractivity contribution is 0.504. The topological polar surface area (TPSA) is 38.0 Å². The van der Waals surface area contributed by atoms with Crippen molar-refractivity contribution >= 4 is 0 Å². The van der Waals surface area contributed by atoms with E-state index >= 15 is 0 Å². The van der Waals surface area contributed by atoms with E-state index in [1.165, 1.54) is 0 Å². The maximum absolute atomic E-state index is 5.58. The molecule has 50 valence electrons. The van der Waals surface area contributed by atoms with Gasteiger partial charge in [-0.15, -0.1) is 0 Å². The van der Waals surface area contributed by atoms with Gasteiger partial charge in [0.2, 0.25) is 0 Å². The minimum Gasteiger partial charge on any atom is -0.316 e. The van der Waals surface area contributed by atoms with Crippen LogP contribution in [0.2, 0.25) is 0 Å². The van der Waals surface area contributed by atoms with Gasteiger partial charge in [0.05, 0.1) is 6.17 Å². The summed E-state index contributed by atoms with van der Waals surface area (Å²) in [5.74, 6) is 0. The summed E-state index contributed by atoms with van der Waals surface area (Å²) in [5.41, 5.74) is 5.58. The molecule has 0 aliphatic heterocycles. The standard InChI is InChI=1S/C6H16N2/c1-3-5-6(7)8-4-2/h6,8H,3-5,7H2,1-2H3. The first kappa shape index (κ1) is 7.92. The molecule has 0 aliphatic carbocycles. The largest absolute Gasteiger partial charge is 0.316 e. The molecule has 0 aromatic heterocycles. The molecule has 2 nitrogen and oxygen atoms in total. The Labute approximate surface area is 51.5 Å². The predicted octanol–water partition coefficient (Wildman–Crippen LogP) is 0.681. The van der Waals surface area contributed by atoms with Crippen LogP contribution in [0.1, 0.15) is 26.7 Å². The van der Waals surface area contributed by atoms with Gasteiger partial charge in [-0.25, -0.2) is 0 Å². The van der Waals surface area contributed by atoms with Crippen LogP contribution in [-0.2, 0) is 0 Å². The van der Waals surface area contributed by atoms with Crippen molar-refractivity contribution in [1.29, 1.82) is 0 Å². The number of hydrogen-bond acceptors (Lipinski definition) is 2. The van der Waals surface area contributed by atoms with E-state index in [9.17, 15) is 0 Å². The molecule has 0 amide bonds. The molecule has 0 fully saturated rings. The van der Waals surface area contributed by atoms with Gasteiger partial charge in [-0.1, -0.05) is 20.3 Å². The van der Waals surface area contributed by atoms with Gasteiger partial charge in [0.15, 0.2) is 0 Å². The third-order valence-corrected chi connectivity index (χ3v) is 1.07. The molecule has 0 radical (unpaired) electrons. The van der Waals surface area contributed by atoms with Gasteiger partial charge >= 0.3 is 0 Å². The zero-order chi connectivity index (χ0) is 6.41. The molecular formula is C6H16N2. The summed E-state index contributed by atoms with van der Waals surface area (Å²) in [5, 5.41) is 3.12. The molecule has 0 saturated carbocycles. The van der Waals surface area contributed by atoms with Crippen LogP contribution in [0.25, 0.3) is 0 Å². The molecule has 0 heterocycles. The third kappa shape index (κ3) is 4.09. The average Bonchev–Trinajstić information content (AvgIpc) is 1.68. The maximum Gasteiger partial charge on any atom is 0.0546 e. The van der Waals surface area contributed by atoms with Crippen LogP contribution in [0.3, 0.4) is 0 Å². The summed E-state index contributed by atoms with van der Waals surface area (Å²) in [4.78, 5) is 0. The summed E-state index contributed by atoms with van der Waals surface area (Å²) in [6.45, 7) is 5.17. The fourth-order valence-electron chi connectivity index (χ4n) is 0.675. The van der Waals surface area contributed by atoms with E-state index in [0.29, 0.717) is 0 Å². The van der Waals surface area contributed by atoms with E-state index < -0.39 is 0 Å². The Morgan fingerprint density at radius 2 is 2.12 bits per heavy atom. The van der Waals surface area contributed by atoms with Gasteiger partial charge in [-0.2, -0.15) is 0 Å². The second-order valence-electron chi connectivity index (χ2n) is 1.95. The summed E-state index contributed by atoms with van der Waals surface area (Å²) >= 11 is 0. The average molecular weight is 116 g/mol. The Bertz CT molecular complexity index is 39.8. The van der Waals surface area contributed by atoms with Crippen molar-refractivity contribution in [3.05, 3.63) is 0 Å². The minimum absolute atomic E-state index is 0.213. The van der Waals surface area contributed by atoms with Crippen molar-refractivity contribution in [3.8, 4) is 0 Å². The van der Waals surface area contributed by atoms with Gasteiger partial charge in [-0.05, 0) is 13.0 Å². The number of nitrogens with one attached hydrogen (secondary N) is 1. The first-order chi connectivity index (χ1) is 3.81. The lowest BCUT2D eigenvalue weighted by Gasteiger charge is -2.08. The van der Waals surface area contributed by atoms with E-state index in [0.717, 1.165) is 19.4 Å². The van der Waals surface area contributed by atoms with Crippen LogP contribution < -0.4 is 11.1 Å². The van der Waals surface area contributed by atoms with E-state index in [4.69, 9.17) is 5.73 Å². The quantitative estimate of drug-likeness (QED) is 0.530. The molecule has 0 bridgehead atoms. The molecule has 1 unspecified atom stereocenters. The second kappa shape index (κ2) is 5.06. The Morgan fingerprint density at radius 3 is 2.50 bits per heavy atom. The van der Waals surface area contributed by atoms with Gasteiger partial charge in [0.25, 0.3) is 0 Å². The highest BCUT2D eigenvalue weighted by Crippen LogP contribution is 1.87. The molecule has 8 heavy (non-hydrogen) atoms. The van der Waals surface area contributed by atoms with Crippen LogP contribution in [0.4, 0.5) is 0 Å². The smallest absolute Gasteiger partial charge is 0.0546 e. The summed E-state index contributed by atoms with van der Waals surface area (Å²) in [6, 6.07) is 0. The van der Waals surface area contributed by atoms with Gasteiger partial charge < -0.3 is 11.1 Å². The molecule has 0 aromatic carbocycles. The molecule has 3 N–H and O–H groups in total. The van der Waals surface area contributed by atoms with E-state index in [-0.39, 0.29) is 6.17 Å². The van der Waals surface area contributed by atoms with Crippen molar-refractivity contribution < 1.29 is 0 Å². The number of rotatable bonds is 4. The Morgan fingerprint density at radius 1 is 1.50 bits per heavy atom. The monoisotopic (exact) mass is 116 g/mol. The van der Waals surface area contributed by atoms with Crippen LogP contribution in [0, 0.1) is 0 Å². The minimum atomic E-state index is 0.213. The fourth-order valence-corrected chi connectivity index (χ4v) is 0.675. The third-order valence-electron chi connectivity index (χ3n) is 1.07. The zero-order valence-corrected chi connectivity index (χ0v) is 5.78. The summed E-state index contributed by atoms with van der Waals surface area (Å²) in [7, 11) is 0. The highest BCUT2D eigenvalue weighted by molar-refractivity contribution is 4.53. The van der Waals surface area contributed by atoms with Crippen molar-refractivity contribution in [1.82, 2.24) is 5.32 Å². The first-order valence-corrected chi connectivity index (χ1v) is 3.30. The highest BCUT2D eigenvalue weighted by Gasteiger charge is 1.93. The molecule has 0 rings (SSSR count). The summed E-state index contributed by atoms with van der Waals surface area (Å²) < 4.78 is 0. The van der Waals surface area contributed by atoms with Gasteiger partial charge in [0, 0.05) is 0 Å². The highest BCUT2D eigenvalue weighted by atomic mass is 15.0. The van der Waals surface area contributed by atoms with E-state index in [1.54, 1.807) is 0 Å². The molecule has 0 aromatic rings. The predicted molar refractivity (Wildman–Crippen MR) is 36.6 cm³/mol. The zero-order valence-electron chi connectivity index (χ0n) is 5.78. The maximum atomic E-state index is 5.58. The van der Waals surface area contributed by atoms with E-state index in [2.05, 4.69) is 19.2 Å². The van der Waals surface area contributed by atoms with Crippen LogP contribution in [-0.4, -0.2) is 12.7 Å². The lowest BCUT2D eigenvalue weighted by Crippen LogP contribution is -2.36. The Kier molecular flexibility index (Phi) is 5.01.